The summed E-state index contributed by atoms with van der Waals surface area (Å²) in [4.78, 5) is 34.2. The molecular weight excluding hydrogens is 386 g/mol. The highest BCUT2D eigenvalue weighted by atomic mass is 32.2. The van der Waals surface area contributed by atoms with Crippen LogP contribution in [-0.4, -0.2) is 50.3 Å². The number of imide groups is 1. The highest BCUT2D eigenvalue weighted by Crippen LogP contribution is 2.28. The number of sulfonamides is 1. The lowest BCUT2D eigenvalue weighted by molar-refractivity contribution is -0.153. The first kappa shape index (κ1) is 20.3. The third-order valence-electron chi connectivity index (χ3n) is 5.10. The van der Waals surface area contributed by atoms with Crippen LogP contribution in [0.3, 0.4) is 0 Å². The van der Waals surface area contributed by atoms with Crippen molar-refractivity contribution in [3.8, 4) is 0 Å². The molecule has 0 radical (unpaired) electrons. The summed E-state index contributed by atoms with van der Waals surface area (Å²) < 4.78 is 32.0. The molecule has 0 atom stereocenters. The summed E-state index contributed by atoms with van der Waals surface area (Å²) >= 11 is 0. The van der Waals surface area contributed by atoms with E-state index in [4.69, 9.17) is 10.5 Å². The minimum Gasteiger partial charge on any atom is -0.455 e. The normalized spacial score (nSPS) is 17.7. The molecular formula is C18H23N3O6S. The molecule has 1 heterocycles. The Labute approximate surface area is 163 Å². The molecule has 0 spiro atoms. The number of hydrogen-bond acceptors (Lipinski definition) is 6. The number of rotatable bonds is 5. The molecule has 1 aliphatic carbocycles. The predicted octanol–water partition coefficient (Wildman–Crippen LogP) is 0.314. The van der Waals surface area contributed by atoms with Crippen molar-refractivity contribution in [3.63, 3.8) is 0 Å². The van der Waals surface area contributed by atoms with Crippen LogP contribution in [0.15, 0.2) is 23.1 Å². The summed E-state index contributed by atoms with van der Waals surface area (Å²) in [7, 11) is -3.61. The molecule has 1 aromatic rings. The zero-order chi connectivity index (χ0) is 20.3. The van der Waals surface area contributed by atoms with Gasteiger partial charge < -0.3 is 10.5 Å². The fraction of sp³-hybridized carbons (Fsp3) is 0.500. The molecule has 3 amide bonds. The van der Waals surface area contributed by atoms with Crippen molar-refractivity contribution in [3.05, 3.63) is 29.3 Å². The van der Waals surface area contributed by atoms with Gasteiger partial charge in [0.15, 0.2) is 6.61 Å². The SMILES string of the molecule is NC(=O)NC(=O)COC(=O)C1CCN(S(=O)(=O)c2ccc3c(c2)CCC3)CC1. The number of aryl methyl sites for hydroxylation is 2. The van der Waals surface area contributed by atoms with Crippen LogP contribution in [0.5, 0.6) is 0 Å². The third kappa shape index (κ3) is 4.50. The third-order valence-corrected chi connectivity index (χ3v) is 7.00. The van der Waals surface area contributed by atoms with Crippen molar-refractivity contribution in [2.24, 2.45) is 11.7 Å². The van der Waals surface area contributed by atoms with Crippen LogP contribution in [-0.2, 0) is 37.2 Å². The van der Waals surface area contributed by atoms with Crippen LogP contribution in [0.25, 0.3) is 0 Å². The van der Waals surface area contributed by atoms with Gasteiger partial charge in [0.25, 0.3) is 5.91 Å². The maximum absolute atomic E-state index is 12.9. The monoisotopic (exact) mass is 409 g/mol. The molecule has 1 aromatic carbocycles. The molecule has 10 heteroatoms. The van der Waals surface area contributed by atoms with Gasteiger partial charge in [0.2, 0.25) is 10.0 Å². The van der Waals surface area contributed by atoms with Crippen LogP contribution in [0.2, 0.25) is 0 Å². The maximum Gasteiger partial charge on any atom is 0.318 e. The number of nitrogens with zero attached hydrogens (tertiary/aromatic N) is 1. The summed E-state index contributed by atoms with van der Waals surface area (Å²) in [6, 6.07) is 4.27. The van der Waals surface area contributed by atoms with E-state index < -0.39 is 40.5 Å². The van der Waals surface area contributed by atoms with Crippen LogP contribution < -0.4 is 11.1 Å². The molecule has 1 fully saturated rings. The summed E-state index contributed by atoms with van der Waals surface area (Å²) in [6.07, 6.45) is 3.54. The largest absolute Gasteiger partial charge is 0.455 e. The topological polar surface area (TPSA) is 136 Å². The first-order valence-electron chi connectivity index (χ1n) is 9.15. The van der Waals surface area contributed by atoms with Gasteiger partial charge in [0, 0.05) is 13.1 Å². The van der Waals surface area contributed by atoms with E-state index in [-0.39, 0.29) is 18.0 Å². The van der Waals surface area contributed by atoms with Gasteiger partial charge in [-0.3, -0.25) is 14.9 Å². The molecule has 1 aliphatic heterocycles. The number of primary amides is 1. The number of ether oxygens (including phenoxy) is 1. The van der Waals surface area contributed by atoms with Crippen molar-refractivity contribution in [1.29, 1.82) is 0 Å². The number of amides is 3. The first-order chi connectivity index (χ1) is 13.3. The Hall–Kier alpha value is -2.46. The zero-order valence-corrected chi connectivity index (χ0v) is 16.2. The number of hydrogen-bond donors (Lipinski definition) is 2. The molecule has 3 N–H and O–H groups in total. The lowest BCUT2D eigenvalue weighted by Crippen LogP contribution is -2.41. The van der Waals surface area contributed by atoms with Crippen LogP contribution in [0.4, 0.5) is 4.79 Å². The molecule has 28 heavy (non-hydrogen) atoms. The average molecular weight is 409 g/mol. The van der Waals surface area contributed by atoms with E-state index in [1.165, 1.54) is 9.87 Å². The Balaban J connectivity index is 1.55. The van der Waals surface area contributed by atoms with E-state index in [0.29, 0.717) is 12.8 Å². The van der Waals surface area contributed by atoms with Crippen molar-refractivity contribution in [1.82, 2.24) is 9.62 Å². The van der Waals surface area contributed by atoms with Crippen molar-refractivity contribution < 1.29 is 27.5 Å². The Morgan fingerprint density at radius 2 is 1.82 bits per heavy atom. The Morgan fingerprint density at radius 3 is 2.50 bits per heavy atom. The maximum atomic E-state index is 12.9. The smallest absolute Gasteiger partial charge is 0.318 e. The fourth-order valence-corrected chi connectivity index (χ4v) is 5.14. The molecule has 1 saturated heterocycles. The molecule has 2 aliphatic rings. The second kappa shape index (κ2) is 8.27. The van der Waals surface area contributed by atoms with E-state index in [1.54, 1.807) is 17.4 Å². The van der Waals surface area contributed by atoms with E-state index in [1.807, 2.05) is 6.07 Å². The lowest BCUT2D eigenvalue weighted by Gasteiger charge is -2.30. The van der Waals surface area contributed by atoms with Gasteiger partial charge in [-0.05, 0) is 55.4 Å². The number of benzene rings is 1. The standard InChI is InChI=1S/C18H23N3O6S/c19-18(24)20-16(22)11-27-17(23)13-6-8-21(9-7-13)28(25,26)15-5-4-12-2-1-3-14(12)10-15/h4-5,10,13H,1-3,6-9,11H2,(H3,19,20,22,24). The van der Waals surface area contributed by atoms with Gasteiger partial charge in [-0.2, -0.15) is 4.31 Å². The van der Waals surface area contributed by atoms with Crippen LogP contribution >= 0.6 is 0 Å². The first-order valence-corrected chi connectivity index (χ1v) is 10.6. The number of esters is 1. The molecule has 9 nitrogen and oxygen atoms in total. The highest BCUT2D eigenvalue weighted by Gasteiger charge is 2.33. The highest BCUT2D eigenvalue weighted by molar-refractivity contribution is 7.89. The van der Waals surface area contributed by atoms with Gasteiger partial charge in [-0.25, -0.2) is 13.2 Å². The van der Waals surface area contributed by atoms with Gasteiger partial charge in [0.1, 0.15) is 0 Å². The molecule has 3 rings (SSSR count). The van der Waals surface area contributed by atoms with E-state index in [0.717, 1.165) is 24.8 Å². The minimum absolute atomic E-state index is 0.201. The van der Waals surface area contributed by atoms with E-state index in [2.05, 4.69) is 0 Å². The number of carbonyl (C=O) groups is 3. The molecule has 0 aromatic heterocycles. The van der Waals surface area contributed by atoms with Gasteiger partial charge >= 0.3 is 12.0 Å². The Bertz CT molecular complexity index is 891. The van der Waals surface area contributed by atoms with E-state index in [9.17, 15) is 22.8 Å². The van der Waals surface area contributed by atoms with Crippen molar-refractivity contribution >= 4 is 27.9 Å². The summed E-state index contributed by atoms with van der Waals surface area (Å²) in [5.41, 5.74) is 7.10. The number of nitrogens with two attached hydrogens (primary N) is 1. The summed E-state index contributed by atoms with van der Waals surface area (Å²) in [5.74, 6) is -1.89. The molecule has 0 unspecified atom stereocenters. The van der Waals surface area contributed by atoms with Gasteiger partial charge in [-0.1, -0.05) is 6.07 Å². The Kier molecular flexibility index (Phi) is 5.99. The minimum atomic E-state index is -3.61. The second-order valence-electron chi connectivity index (χ2n) is 6.98. The fourth-order valence-electron chi connectivity index (χ4n) is 3.62. The number of piperidine rings is 1. The molecule has 0 saturated carbocycles. The average Bonchev–Trinajstić information content (AvgIpc) is 3.13. The number of fused-ring (bicyclic) bond motifs is 1. The Morgan fingerprint density at radius 1 is 1.14 bits per heavy atom. The number of nitrogens with one attached hydrogen (secondary N) is 1. The lowest BCUT2D eigenvalue weighted by atomic mass is 9.98. The van der Waals surface area contributed by atoms with Crippen LogP contribution in [0.1, 0.15) is 30.4 Å². The van der Waals surface area contributed by atoms with E-state index >= 15 is 0 Å². The van der Waals surface area contributed by atoms with Gasteiger partial charge in [0.05, 0.1) is 10.8 Å². The second-order valence-corrected chi connectivity index (χ2v) is 8.92. The van der Waals surface area contributed by atoms with Gasteiger partial charge in [-0.15, -0.1) is 0 Å². The molecule has 152 valence electrons. The van der Waals surface area contributed by atoms with Crippen molar-refractivity contribution in [2.45, 2.75) is 37.0 Å². The zero-order valence-electron chi connectivity index (χ0n) is 15.3. The quantitative estimate of drug-likeness (QED) is 0.672. The predicted molar refractivity (Wildman–Crippen MR) is 98.6 cm³/mol. The van der Waals surface area contributed by atoms with Crippen LogP contribution in [0, 0.1) is 5.92 Å². The number of urea groups is 1. The molecule has 0 bridgehead atoms. The summed E-state index contributed by atoms with van der Waals surface area (Å²) in [6.45, 7) is -0.200. The number of carbonyl (C=O) groups excluding carboxylic acids is 3. The summed E-state index contributed by atoms with van der Waals surface area (Å²) in [5, 5.41) is 1.80. The van der Waals surface area contributed by atoms with Crippen molar-refractivity contribution in [2.75, 3.05) is 19.7 Å².